The number of aliphatic hydroxyl groups excluding tert-OH is 1. The number of nitrogens with one attached hydrogen (secondary N) is 1. The van der Waals surface area contributed by atoms with Crippen LogP contribution in [0.1, 0.15) is 38.3 Å². The van der Waals surface area contributed by atoms with Gasteiger partial charge in [-0.3, -0.25) is 0 Å². The lowest BCUT2D eigenvalue weighted by Crippen LogP contribution is -2.32. The van der Waals surface area contributed by atoms with E-state index in [1.807, 2.05) is 13.8 Å². The van der Waals surface area contributed by atoms with Crippen molar-refractivity contribution in [3.8, 4) is 0 Å². The summed E-state index contributed by atoms with van der Waals surface area (Å²) in [7, 11) is 0. The van der Waals surface area contributed by atoms with Crippen LogP contribution in [0, 0.1) is 5.82 Å². The molecule has 2 atom stereocenters. The minimum absolute atomic E-state index is 0.0568. The third-order valence-electron chi connectivity index (χ3n) is 2.97. The van der Waals surface area contributed by atoms with Crippen molar-refractivity contribution in [3.05, 3.63) is 33.6 Å². The van der Waals surface area contributed by atoms with Gasteiger partial charge in [-0.25, -0.2) is 4.39 Å². The molecule has 5 heteroatoms. The van der Waals surface area contributed by atoms with Gasteiger partial charge in [-0.05, 0) is 31.9 Å². The molecule has 0 aliphatic heterocycles. The van der Waals surface area contributed by atoms with Crippen LogP contribution in [0.25, 0.3) is 0 Å². The number of hydrogen-bond acceptors (Lipinski definition) is 2. The molecule has 1 aromatic carbocycles. The lowest BCUT2D eigenvalue weighted by Gasteiger charge is -2.23. The predicted octanol–water partition coefficient (Wildman–Crippen LogP) is 3.94. The van der Waals surface area contributed by atoms with Crippen molar-refractivity contribution in [2.24, 2.45) is 0 Å². The smallest absolute Gasteiger partial charge is 0.142 e. The van der Waals surface area contributed by atoms with E-state index in [0.29, 0.717) is 17.0 Å². The van der Waals surface area contributed by atoms with Gasteiger partial charge >= 0.3 is 0 Å². The maximum Gasteiger partial charge on any atom is 0.142 e. The van der Waals surface area contributed by atoms with Crippen molar-refractivity contribution >= 4 is 23.2 Å². The highest BCUT2D eigenvalue weighted by molar-refractivity contribution is 6.36. The van der Waals surface area contributed by atoms with Crippen molar-refractivity contribution < 1.29 is 9.50 Å². The van der Waals surface area contributed by atoms with Gasteiger partial charge in [0.1, 0.15) is 5.82 Å². The van der Waals surface area contributed by atoms with Crippen LogP contribution < -0.4 is 5.32 Å². The largest absolute Gasteiger partial charge is 0.396 e. The molecule has 1 aromatic rings. The van der Waals surface area contributed by atoms with E-state index in [9.17, 15) is 4.39 Å². The molecule has 0 saturated heterocycles. The second kappa shape index (κ2) is 7.29. The molecule has 0 aliphatic rings. The Morgan fingerprint density at radius 3 is 2.61 bits per heavy atom. The minimum atomic E-state index is -0.472. The fourth-order valence-corrected chi connectivity index (χ4v) is 2.64. The van der Waals surface area contributed by atoms with E-state index < -0.39 is 5.82 Å². The van der Waals surface area contributed by atoms with Crippen LogP contribution in [-0.4, -0.2) is 17.8 Å². The molecular formula is C13H18Cl2FNO. The predicted molar refractivity (Wildman–Crippen MR) is 73.8 cm³/mol. The van der Waals surface area contributed by atoms with Crippen LogP contribution in [0.4, 0.5) is 4.39 Å². The second-order valence-electron chi connectivity index (χ2n) is 4.26. The van der Waals surface area contributed by atoms with Crippen molar-refractivity contribution in [1.82, 2.24) is 5.32 Å². The summed E-state index contributed by atoms with van der Waals surface area (Å²) in [4.78, 5) is 0. The summed E-state index contributed by atoms with van der Waals surface area (Å²) >= 11 is 12.0. The Morgan fingerprint density at radius 1 is 1.39 bits per heavy atom. The number of benzene rings is 1. The Balaban J connectivity index is 2.89. The van der Waals surface area contributed by atoms with Crippen molar-refractivity contribution in [2.45, 2.75) is 38.8 Å². The Bertz CT molecular complexity index is 401. The van der Waals surface area contributed by atoms with E-state index in [2.05, 4.69) is 5.32 Å². The lowest BCUT2D eigenvalue weighted by molar-refractivity contribution is 0.257. The van der Waals surface area contributed by atoms with Gasteiger partial charge in [0.2, 0.25) is 0 Å². The lowest BCUT2D eigenvalue weighted by atomic mass is 10.0. The first-order valence-corrected chi connectivity index (χ1v) is 6.77. The molecule has 0 amide bonds. The third-order valence-corrected chi connectivity index (χ3v) is 3.68. The summed E-state index contributed by atoms with van der Waals surface area (Å²) < 4.78 is 13.4. The number of hydrogen-bond donors (Lipinski definition) is 2. The first-order chi connectivity index (χ1) is 8.51. The van der Waals surface area contributed by atoms with E-state index in [0.717, 1.165) is 6.42 Å². The van der Waals surface area contributed by atoms with Crippen LogP contribution in [0.3, 0.4) is 0 Å². The summed E-state index contributed by atoms with van der Waals surface area (Å²) in [6.45, 7) is 4.02. The van der Waals surface area contributed by atoms with E-state index in [1.54, 1.807) is 0 Å². The normalized spacial score (nSPS) is 14.6. The Labute approximate surface area is 117 Å². The highest BCUT2D eigenvalue weighted by Gasteiger charge is 2.19. The highest BCUT2D eigenvalue weighted by atomic mass is 35.5. The number of rotatable bonds is 6. The van der Waals surface area contributed by atoms with Gasteiger partial charge in [0.15, 0.2) is 0 Å². The van der Waals surface area contributed by atoms with Crippen LogP contribution in [-0.2, 0) is 0 Å². The van der Waals surface area contributed by atoms with Gasteiger partial charge in [0.05, 0.1) is 5.02 Å². The second-order valence-corrected chi connectivity index (χ2v) is 5.05. The molecule has 2 unspecified atom stereocenters. The molecule has 0 aromatic heterocycles. The summed E-state index contributed by atoms with van der Waals surface area (Å²) in [6.07, 6.45) is 1.51. The fraction of sp³-hybridized carbons (Fsp3) is 0.538. The van der Waals surface area contributed by atoms with E-state index >= 15 is 0 Å². The standard InChI is InChI=1S/C13H18Cl2FNO/c1-3-9(6-7-18)17-8(2)12-10(14)4-5-11(16)13(12)15/h4-5,8-9,17-18H,3,6-7H2,1-2H3. The molecule has 0 fully saturated rings. The first-order valence-electron chi connectivity index (χ1n) is 6.01. The molecule has 0 radical (unpaired) electrons. The molecule has 0 bridgehead atoms. The van der Waals surface area contributed by atoms with Crippen molar-refractivity contribution in [2.75, 3.05) is 6.61 Å². The monoisotopic (exact) mass is 293 g/mol. The van der Waals surface area contributed by atoms with Gasteiger partial charge in [-0.2, -0.15) is 0 Å². The molecule has 18 heavy (non-hydrogen) atoms. The number of halogens is 3. The molecule has 0 aliphatic carbocycles. The molecule has 0 spiro atoms. The maximum absolute atomic E-state index is 13.4. The average molecular weight is 294 g/mol. The van der Waals surface area contributed by atoms with Crippen LogP contribution in [0.2, 0.25) is 10.0 Å². The zero-order valence-electron chi connectivity index (χ0n) is 10.5. The SMILES string of the molecule is CCC(CCO)NC(C)c1c(Cl)ccc(F)c1Cl. The minimum Gasteiger partial charge on any atom is -0.396 e. The molecule has 0 heterocycles. The average Bonchev–Trinajstić information content (AvgIpc) is 2.34. The van der Waals surface area contributed by atoms with Gasteiger partial charge < -0.3 is 10.4 Å². The molecule has 2 N–H and O–H groups in total. The highest BCUT2D eigenvalue weighted by Crippen LogP contribution is 2.32. The van der Waals surface area contributed by atoms with Gasteiger partial charge in [0.25, 0.3) is 0 Å². The Kier molecular flexibility index (Phi) is 6.36. The summed E-state index contributed by atoms with van der Waals surface area (Å²) in [6, 6.07) is 2.74. The first kappa shape index (κ1) is 15.7. The zero-order valence-corrected chi connectivity index (χ0v) is 12.0. The Morgan fingerprint density at radius 2 is 2.06 bits per heavy atom. The molecular weight excluding hydrogens is 276 g/mol. The van der Waals surface area contributed by atoms with Crippen molar-refractivity contribution in [3.63, 3.8) is 0 Å². The van der Waals surface area contributed by atoms with Crippen LogP contribution >= 0.6 is 23.2 Å². The molecule has 0 saturated carbocycles. The molecule has 1 rings (SSSR count). The summed E-state index contributed by atoms with van der Waals surface area (Å²) in [5.74, 6) is -0.472. The van der Waals surface area contributed by atoms with Gasteiger partial charge in [0, 0.05) is 29.3 Å². The Hall–Kier alpha value is -0.350. The fourth-order valence-electron chi connectivity index (χ4n) is 1.94. The quantitative estimate of drug-likeness (QED) is 0.779. The third kappa shape index (κ3) is 3.82. The van der Waals surface area contributed by atoms with Crippen LogP contribution in [0.5, 0.6) is 0 Å². The van der Waals surface area contributed by atoms with Crippen molar-refractivity contribution in [1.29, 1.82) is 0 Å². The van der Waals surface area contributed by atoms with Gasteiger partial charge in [-0.1, -0.05) is 30.1 Å². The van der Waals surface area contributed by atoms with E-state index in [4.69, 9.17) is 28.3 Å². The van der Waals surface area contributed by atoms with E-state index in [1.165, 1.54) is 12.1 Å². The summed E-state index contributed by atoms with van der Waals surface area (Å²) in [5.41, 5.74) is 0.565. The zero-order chi connectivity index (χ0) is 13.7. The van der Waals surface area contributed by atoms with Crippen LogP contribution in [0.15, 0.2) is 12.1 Å². The summed E-state index contributed by atoms with van der Waals surface area (Å²) in [5, 5.41) is 12.8. The maximum atomic E-state index is 13.4. The molecule has 2 nitrogen and oxygen atoms in total. The van der Waals surface area contributed by atoms with E-state index in [-0.39, 0.29) is 23.7 Å². The topological polar surface area (TPSA) is 32.3 Å². The number of aliphatic hydroxyl groups is 1. The molecule has 102 valence electrons. The van der Waals surface area contributed by atoms with Gasteiger partial charge in [-0.15, -0.1) is 0 Å².